The number of rotatable bonds is 3. The summed E-state index contributed by atoms with van der Waals surface area (Å²) in [5, 5.41) is 15.5. The van der Waals surface area contributed by atoms with Crippen LogP contribution in [0.15, 0.2) is 34.1 Å². The highest BCUT2D eigenvalue weighted by atomic mass is 32.1. The van der Waals surface area contributed by atoms with Crippen LogP contribution in [0.1, 0.15) is 27.2 Å². The van der Waals surface area contributed by atoms with Crippen LogP contribution in [0.3, 0.4) is 0 Å². The first-order chi connectivity index (χ1) is 11.6. The molecule has 0 unspecified atom stereocenters. The first kappa shape index (κ1) is 17.5. The van der Waals surface area contributed by atoms with Gasteiger partial charge in [-0.1, -0.05) is 6.07 Å². The number of carbonyl (C=O) groups excluding carboxylic acids is 2. The molecule has 2 aromatic heterocycles. The number of nitrogens with one attached hydrogen (secondary N) is 2. The predicted molar refractivity (Wildman–Crippen MR) is 81.0 cm³/mol. The standard InChI is InChI=1S/C15H13F3N2O4S/c1-7-4-5-8(24-7)11-10(12(21)9-3-2-6-25-9)14(23,15(16,17)18)20-13(22)19-11/h2-6,10-11,23H,1H3,(H2,19,20,22)/t10-,11+,14-/m0/s1. The summed E-state index contributed by atoms with van der Waals surface area (Å²) in [5.41, 5.74) is -3.73. The van der Waals surface area contributed by atoms with Crippen LogP contribution < -0.4 is 10.6 Å². The molecule has 3 rings (SSSR count). The first-order valence-electron chi connectivity index (χ1n) is 7.15. The SMILES string of the molecule is Cc1ccc([C@H]2NC(=O)N[C@@](O)(C(F)(F)F)[C@@H]2C(=O)c2cccs2)o1. The van der Waals surface area contributed by atoms with E-state index in [1.807, 2.05) is 0 Å². The maximum atomic E-state index is 13.6. The van der Waals surface area contributed by atoms with Gasteiger partial charge in [0.2, 0.25) is 5.72 Å². The average molecular weight is 374 g/mol. The Bertz CT molecular complexity index is 802. The summed E-state index contributed by atoms with van der Waals surface area (Å²) in [6.45, 7) is 1.57. The lowest BCUT2D eigenvalue weighted by atomic mass is 9.80. The average Bonchev–Trinajstić information content (AvgIpc) is 3.16. The number of aliphatic hydroxyl groups is 1. The van der Waals surface area contributed by atoms with Gasteiger partial charge in [0, 0.05) is 0 Å². The van der Waals surface area contributed by atoms with Crippen molar-refractivity contribution in [1.82, 2.24) is 10.6 Å². The predicted octanol–water partition coefficient (Wildman–Crippen LogP) is 2.75. The topological polar surface area (TPSA) is 91.6 Å². The summed E-state index contributed by atoms with van der Waals surface area (Å²) in [7, 11) is 0. The Labute approximate surface area is 143 Å². The zero-order valence-corrected chi connectivity index (χ0v) is 13.6. The highest BCUT2D eigenvalue weighted by Gasteiger charge is 2.67. The molecule has 3 heterocycles. The second-order valence-electron chi connectivity index (χ2n) is 5.61. The molecule has 1 fully saturated rings. The molecule has 0 saturated carbocycles. The van der Waals surface area contributed by atoms with E-state index in [4.69, 9.17) is 4.42 Å². The van der Waals surface area contributed by atoms with Crippen molar-refractivity contribution in [3.63, 3.8) is 0 Å². The zero-order valence-electron chi connectivity index (χ0n) is 12.8. The number of aryl methyl sites for hydroxylation is 1. The number of halogens is 3. The normalized spacial score (nSPS) is 26.8. The minimum Gasteiger partial charge on any atom is -0.464 e. The Kier molecular flexibility index (Phi) is 4.12. The minimum atomic E-state index is -5.28. The Balaban J connectivity index is 2.14. The van der Waals surface area contributed by atoms with E-state index < -0.39 is 35.7 Å². The highest BCUT2D eigenvalue weighted by Crippen LogP contribution is 2.44. The quantitative estimate of drug-likeness (QED) is 0.721. The lowest BCUT2D eigenvalue weighted by molar-refractivity contribution is -0.287. The summed E-state index contributed by atoms with van der Waals surface area (Å²) in [6, 6.07) is 2.97. The molecule has 1 aliphatic heterocycles. The van der Waals surface area contributed by atoms with Crippen LogP contribution in [0, 0.1) is 12.8 Å². The van der Waals surface area contributed by atoms with E-state index in [9.17, 15) is 27.9 Å². The maximum absolute atomic E-state index is 13.6. The van der Waals surface area contributed by atoms with Crippen LogP contribution in [0.5, 0.6) is 0 Å². The minimum absolute atomic E-state index is 0.0268. The Morgan fingerprint density at radius 2 is 2.08 bits per heavy atom. The number of ketones is 1. The van der Waals surface area contributed by atoms with Gasteiger partial charge in [-0.25, -0.2) is 4.79 Å². The van der Waals surface area contributed by atoms with Crippen LogP contribution in [-0.4, -0.2) is 28.8 Å². The third-order valence-corrected chi connectivity index (χ3v) is 4.80. The lowest BCUT2D eigenvalue weighted by Gasteiger charge is -2.44. The fourth-order valence-electron chi connectivity index (χ4n) is 2.77. The molecule has 0 radical (unpaired) electrons. The smallest absolute Gasteiger partial charge is 0.437 e. The van der Waals surface area contributed by atoms with E-state index in [-0.39, 0.29) is 10.6 Å². The van der Waals surface area contributed by atoms with E-state index in [1.165, 1.54) is 35.0 Å². The molecule has 2 aromatic rings. The number of carbonyl (C=O) groups is 2. The van der Waals surface area contributed by atoms with Crippen molar-refractivity contribution in [2.24, 2.45) is 5.92 Å². The van der Waals surface area contributed by atoms with Crippen molar-refractivity contribution in [2.75, 3.05) is 0 Å². The molecular weight excluding hydrogens is 361 g/mol. The molecule has 6 nitrogen and oxygen atoms in total. The molecule has 134 valence electrons. The highest BCUT2D eigenvalue weighted by molar-refractivity contribution is 7.12. The molecule has 25 heavy (non-hydrogen) atoms. The van der Waals surface area contributed by atoms with E-state index >= 15 is 0 Å². The molecule has 10 heteroatoms. The number of thiophene rings is 1. The number of alkyl halides is 3. The molecule has 0 spiro atoms. The largest absolute Gasteiger partial charge is 0.464 e. The summed E-state index contributed by atoms with van der Waals surface area (Å²) in [4.78, 5) is 24.5. The fourth-order valence-corrected chi connectivity index (χ4v) is 3.47. The zero-order chi connectivity index (χ0) is 18.4. The summed E-state index contributed by atoms with van der Waals surface area (Å²) < 4.78 is 46.0. The van der Waals surface area contributed by atoms with Gasteiger partial charge in [-0.2, -0.15) is 13.2 Å². The van der Waals surface area contributed by atoms with Gasteiger partial charge in [0.05, 0.1) is 4.88 Å². The van der Waals surface area contributed by atoms with Gasteiger partial charge in [-0.3, -0.25) is 4.79 Å². The third kappa shape index (κ3) is 2.91. The third-order valence-electron chi connectivity index (χ3n) is 3.92. The Morgan fingerprint density at radius 1 is 1.36 bits per heavy atom. The van der Waals surface area contributed by atoms with E-state index in [0.29, 0.717) is 5.76 Å². The number of Topliss-reactive ketones (excluding diaryl/α,β-unsaturated/α-hetero) is 1. The second-order valence-corrected chi connectivity index (χ2v) is 6.56. The molecule has 2 amide bonds. The molecule has 0 bridgehead atoms. The number of amides is 2. The lowest BCUT2D eigenvalue weighted by Crippen LogP contribution is -2.72. The van der Waals surface area contributed by atoms with E-state index in [0.717, 1.165) is 11.3 Å². The molecule has 3 N–H and O–H groups in total. The van der Waals surface area contributed by atoms with Crippen LogP contribution >= 0.6 is 11.3 Å². The van der Waals surface area contributed by atoms with Crippen molar-refractivity contribution in [3.05, 3.63) is 46.0 Å². The summed E-state index contributed by atoms with van der Waals surface area (Å²) in [6.07, 6.45) is -5.28. The maximum Gasteiger partial charge on any atom is 0.437 e. The Hall–Kier alpha value is -2.33. The molecule has 1 saturated heterocycles. The fraction of sp³-hybridized carbons (Fsp3) is 0.333. The van der Waals surface area contributed by atoms with Gasteiger partial charge >= 0.3 is 12.2 Å². The van der Waals surface area contributed by atoms with Crippen LogP contribution in [0.4, 0.5) is 18.0 Å². The summed E-state index contributed by atoms with van der Waals surface area (Å²) >= 11 is 0.940. The van der Waals surface area contributed by atoms with Crippen LogP contribution in [0.25, 0.3) is 0 Å². The molecule has 0 aromatic carbocycles. The number of urea groups is 1. The molecular formula is C15H13F3N2O4S. The van der Waals surface area contributed by atoms with Gasteiger partial charge < -0.3 is 20.2 Å². The van der Waals surface area contributed by atoms with Gasteiger partial charge in [-0.05, 0) is 30.5 Å². The van der Waals surface area contributed by atoms with Crippen molar-refractivity contribution in [3.8, 4) is 0 Å². The number of hydrogen-bond acceptors (Lipinski definition) is 5. The monoisotopic (exact) mass is 374 g/mol. The Morgan fingerprint density at radius 3 is 2.60 bits per heavy atom. The number of furan rings is 1. The van der Waals surface area contributed by atoms with Gasteiger partial charge in [-0.15, -0.1) is 11.3 Å². The van der Waals surface area contributed by atoms with Crippen molar-refractivity contribution >= 4 is 23.2 Å². The molecule has 1 aliphatic rings. The molecule has 0 aliphatic carbocycles. The van der Waals surface area contributed by atoms with Gasteiger partial charge in [0.1, 0.15) is 23.5 Å². The van der Waals surface area contributed by atoms with E-state index in [2.05, 4.69) is 5.32 Å². The van der Waals surface area contributed by atoms with E-state index in [1.54, 1.807) is 6.92 Å². The van der Waals surface area contributed by atoms with Crippen molar-refractivity contribution in [1.29, 1.82) is 0 Å². The van der Waals surface area contributed by atoms with Crippen molar-refractivity contribution in [2.45, 2.75) is 24.9 Å². The second kappa shape index (κ2) is 5.88. The van der Waals surface area contributed by atoms with Crippen LogP contribution in [0.2, 0.25) is 0 Å². The van der Waals surface area contributed by atoms with Gasteiger partial charge in [0.15, 0.2) is 5.78 Å². The molecule has 3 atom stereocenters. The number of hydrogen-bond donors (Lipinski definition) is 3. The van der Waals surface area contributed by atoms with Crippen LogP contribution in [-0.2, 0) is 0 Å². The van der Waals surface area contributed by atoms with Gasteiger partial charge in [0.25, 0.3) is 0 Å². The first-order valence-corrected chi connectivity index (χ1v) is 8.03. The summed E-state index contributed by atoms with van der Waals surface area (Å²) in [5.74, 6) is -2.68. The van der Waals surface area contributed by atoms with Crippen molar-refractivity contribution < 1.29 is 32.3 Å².